The van der Waals surface area contributed by atoms with Crippen LogP contribution in [0.5, 0.6) is 0 Å². The number of fused-ring (bicyclic) bond motifs is 1. The van der Waals surface area contributed by atoms with Crippen LogP contribution in [0.15, 0.2) is 46.7 Å². The first-order valence-electron chi connectivity index (χ1n) is 6.90. The van der Waals surface area contributed by atoms with Gasteiger partial charge in [-0.3, -0.25) is 9.79 Å². The fraction of sp³-hybridized carbons (Fsp3) is 0.250. The van der Waals surface area contributed by atoms with E-state index in [2.05, 4.69) is 15.3 Å². The van der Waals surface area contributed by atoms with Crippen molar-refractivity contribution in [3.63, 3.8) is 0 Å². The highest BCUT2D eigenvalue weighted by atomic mass is 16.1. The lowest BCUT2D eigenvalue weighted by Crippen LogP contribution is -2.29. The number of carbonyl (C=O) groups excluding carboxylic acids is 1. The minimum Gasteiger partial charge on any atom is -0.402 e. The van der Waals surface area contributed by atoms with Crippen molar-refractivity contribution in [3.8, 4) is 0 Å². The van der Waals surface area contributed by atoms with E-state index in [9.17, 15) is 4.79 Å². The normalized spacial score (nSPS) is 13.2. The zero-order valence-electron chi connectivity index (χ0n) is 12.5. The highest BCUT2D eigenvalue weighted by molar-refractivity contribution is 6.21. The molecule has 0 saturated heterocycles. The smallest absolute Gasteiger partial charge is 0.254 e. The van der Waals surface area contributed by atoms with Crippen LogP contribution in [0.1, 0.15) is 20.8 Å². The second kappa shape index (κ2) is 6.26. The van der Waals surface area contributed by atoms with Crippen molar-refractivity contribution in [2.24, 2.45) is 10.7 Å². The molecule has 1 heterocycles. The van der Waals surface area contributed by atoms with E-state index in [1.165, 1.54) is 0 Å². The Hall–Kier alpha value is -2.56. The van der Waals surface area contributed by atoms with Crippen molar-refractivity contribution >= 4 is 28.2 Å². The molecule has 0 aliphatic rings. The Balaban J connectivity index is 2.37. The van der Waals surface area contributed by atoms with E-state index >= 15 is 0 Å². The number of nitrogens with two attached hydrogens (primary N) is 1. The minimum atomic E-state index is -0.195. The third-order valence-electron chi connectivity index (χ3n) is 3.16. The summed E-state index contributed by atoms with van der Waals surface area (Å²) in [7, 11) is 0. The Bertz CT molecular complexity index is 721. The zero-order valence-corrected chi connectivity index (χ0v) is 12.5. The number of nitrogens with one attached hydrogen (secondary N) is 2. The van der Waals surface area contributed by atoms with Crippen LogP contribution in [0.25, 0.3) is 10.9 Å². The fourth-order valence-electron chi connectivity index (χ4n) is 2.23. The van der Waals surface area contributed by atoms with Gasteiger partial charge < -0.3 is 16.0 Å². The van der Waals surface area contributed by atoms with Gasteiger partial charge >= 0.3 is 0 Å². The summed E-state index contributed by atoms with van der Waals surface area (Å²) in [4.78, 5) is 19.7. The number of amides is 1. The van der Waals surface area contributed by atoms with E-state index in [4.69, 9.17) is 5.73 Å². The maximum absolute atomic E-state index is 12.1. The highest BCUT2D eigenvalue weighted by Gasteiger charge is 2.14. The van der Waals surface area contributed by atoms with Gasteiger partial charge in [-0.2, -0.15) is 0 Å². The molecular formula is C16H20N4O. The first kappa shape index (κ1) is 14.8. The van der Waals surface area contributed by atoms with E-state index in [1.54, 1.807) is 13.8 Å². The molecule has 0 unspecified atom stereocenters. The quantitative estimate of drug-likeness (QED) is 0.595. The highest BCUT2D eigenvalue weighted by Crippen LogP contribution is 2.21. The van der Waals surface area contributed by atoms with Gasteiger partial charge in [0, 0.05) is 24.0 Å². The molecule has 0 aliphatic heterocycles. The first-order chi connectivity index (χ1) is 10.0. The molecule has 0 atom stereocenters. The summed E-state index contributed by atoms with van der Waals surface area (Å²) in [6.45, 7) is 5.92. The predicted octanol–water partition coefficient (Wildman–Crippen LogP) is 2.63. The molecule has 5 heteroatoms. The molecule has 1 aromatic carbocycles. The number of aliphatic imine (C=N–C) groups is 1. The van der Waals surface area contributed by atoms with Gasteiger partial charge in [-0.1, -0.05) is 6.07 Å². The van der Waals surface area contributed by atoms with Gasteiger partial charge in [0.05, 0.1) is 17.0 Å². The van der Waals surface area contributed by atoms with Crippen molar-refractivity contribution in [2.75, 3.05) is 6.54 Å². The van der Waals surface area contributed by atoms with Crippen LogP contribution in [-0.2, 0) is 4.79 Å². The van der Waals surface area contributed by atoms with Crippen LogP contribution in [0, 0.1) is 0 Å². The lowest BCUT2D eigenvalue weighted by molar-refractivity contribution is -0.116. The van der Waals surface area contributed by atoms with Crippen LogP contribution in [0.3, 0.4) is 0 Å². The Kier molecular flexibility index (Phi) is 4.42. The Labute approximate surface area is 123 Å². The van der Waals surface area contributed by atoms with Crippen molar-refractivity contribution in [2.45, 2.75) is 20.8 Å². The number of hydrogen-bond acceptors (Lipinski definition) is 3. The third-order valence-corrected chi connectivity index (χ3v) is 3.16. The molecule has 0 spiro atoms. The molecule has 0 aliphatic carbocycles. The number of nitrogens with zero attached hydrogens (tertiary/aromatic N) is 1. The number of benzene rings is 1. The van der Waals surface area contributed by atoms with Crippen LogP contribution in [0.2, 0.25) is 0 Å². The molecule has 2 aromatic rings. The second-order valence-corrected chi connectivity index (χ2v) is 4.86. The molecular weight excluding hydrogens is 264 g/mol. The molecule has 1 aromatic heterocycles. The van der Waals surface area contributed by atoms with Gasteiger partial charge in [-0.15, -0.1) is 0 Å². The monoisotopic (exact) mass is 284 g/mol. The number of carbonyl (C=O) groups is 1. The van der Waals surface area contributed by atoms with E-state index in [0.29, 0.717) is 23.5 Å². The molecule has 0 bridgehead atoms. The van der Waals surface area contributed by atoms with E-state index in [1.807, 2.05) is 37.4 Å². The van der Waals surface area contributed by atoms with Gasteiger partial charge in [0.1, 0.15) is 0 Å². The van der Waals surface area contributed by atoms with Gasteiger partial charge in [0.2, 0.25) is 0 Å². The van der Waals surface area contributed by atoms with Gasteiger partial charge in [-0.05, 0) is 44.4 Å². The number of H-pyrrole nitrogens is 1. The number of hydrogen-bond donors (Lipinski definition) is 3. The summed E-state index contributed by atoms with van der Waals surface area (Å²) in [6.07, 6.45) is 1.88. The molecule has 0 fully saturated rings. The second-order valence-electron chi connectivity index (χ2n) is 4.86. The average Bonchev–Trinajstić information content (AvgIpc) is 2.85. The minimum absolute atomic E-state index is 0.195. The Morgan fingerprint density at radius 1 is 1.33 bits per heavy atom. The molecule has 2 rings (SSSR count). The zero-order chi connectivity index (χ0) is 15.4. The number of aromatic amines is 1. The number of allylic oxidation sites excluding steroid dienone is 1. The first-order valence-corrected chi connectivity index (χ1v) is 6.90. The summed E-state index contributed by atoms with van der Waals surface area (Å²) in [5, 5.41) is 3.88. The van der Waals surface area contributed by atoms with Gasteiger partial charge in [0.25, 0.3) is 5.91 Å². The van der Waals surface area contributed by atoms with E-state index in [-0.39, 0.29) is 5.91 Å². The SMILES string of the molecule is CCNC(=O)/C(C(C)=Nc1ccc2cc[nH]c2c1)=C(\C)N. The summed E-state index contributed by atoms with van der Waals surface area (Å²) in [5.41, 5.74) is 9.12. The molecule has 4 N–H and O–H groups in total. The Morgan fingerprint density at radius 3 is 2.76 bits per heavy atom. The lowest BCUT2D eigenvalue weighted by Gasteiger charge is -2.09. The summed E-state index contributed by atoms with van der Waals surface area (Å²) in [5.74, 6) is -0.195. The van der Waals surface area contributed by atoms with Crippen LogP contribution in [-0.4, -0.2) is 23.1 Å². The van der Waals surface area contributed by atoms with Crippen molar-refractivity contribution in [1.29, 1.82) is 0 Å². The summed E-state index contributed by atoms with van der Waals surface area (Å²) in [6, 6.07) is 7.85. The van der Waals surface area contributed by atoms with Crippen molar-refractivity contribution in [3.05, 3.63) is 41.7 Å². The Morgan fingerprint density at radius 2 is 2.10 bits per heavy atom. The van der Waals surface area contributed by atoms with Gasteiger partial charge in [-0.25, -0.2) is 0 Å². The largest absolute Gasteiger partial charge is 0.402 e. The molecule has 21 heavy (non-hydrogen) atoms. The maximum Gasteiger partial charge on any atom is 0.254 e. The number of rotatable bonds is 4. The molecule has 110 valence electrons. The molecule has 5 nitrogen and oxygen atoms in total. The fourth-order valence-corrected chi connectivity index (χ4v) is 2.23. The summed E-state index contributed by atoms with van der Waals surface area (Å²) < 4.78 is 0. The molecule has 1 amide bonds. The lowest BCUT2D eigenvalue weighted by atomic mass is 10.1. The van der Waals surface area contributed by atoms with Crippen LogP contribution >= 0.6 is 0 Å². The van der Waals surface area contributed by atoms with Crippen molar-refractivity contribution < 1.29 is 4.79 Å². The van der Waals surface area contributed by atoms with Crippen LogP contribution in [0.4, 0.5) is 5.69 Å². The number of likely N-dealkylation sites (N-methyl/N-ethyl adjacent to an activating group) is 1. The molecule has 0 saturated carbocycles. The summed E-state index contributed by atoms with van der Waals surface area (Å²) >= 11 is 0. The molecule has 0 radical (unpaired) electrons. The third kappa shape index (κ3) is 3.31. The number of aromatic nitrogens is 1. The van der Waals surface area contributed by atoms with Crippen LogP contribution < -0.4 is 11.1 Å². The standard InChI is InChI=1S/C16H20N4O/c1-4-18-16(21)15(10(2)17)11(3)20-13-6-5-12-7-8-19-14(12)9-13/h5-9,19H,4,17H2,1-3H3,(H,18,21)/b15-10+,20-11?. The van der Waals surface area contributed by atoms with Crippen molar-refractivity contribution in [1.82, 2.24) is 10.3 Å². The predicted molar refractivity (Wildman–Crippen MR) is 86.6 cm³/mol. The van der Waals surface area contributed by atoms with E-state index < -0.39 is 0 Å². The topological polar surface area (TPSA) is 83.3 Å². The average molecular weight is 284 g/mol. The maximum atomic E-state index is 12.1. The van der Waals surface area contributed by atoms with Gasteiger partial charge in [0.15, 0.2) is 0 Å². The van der Waals surface area contributed by atoms with E-state index in [0.717, 1.165) is 16.6 Å².